The minimum atomic E-state index is 0.602. The second-order valence-electron chi connectivity index (χ2n) is 9.18. The third-order valence-electron chi connectivity index (χ3n) is 6.89. The first-order chi connectivity index (χ1) is 17.6. The predicted molar refractivity (Wildman–Crippen MR) is 146 cm³/mol. The maximum absolute atomic E-state index is 6.19. The van der Waals surface area contributed by atoms with Gasteiger partial charge >= 0.3 is 0 Å². The zero-order valence-corrected chi connectivity index (χ0v) is 21.0. The van der Waals surface area contributed by atoms with Gasteiger partial charge in [0.1, 0.15) is 24.0 Å². The summed E-state index contributed by atoms with van der Waals surface area (Å²) in [6.45, 7) is 10.1. The van der Waals surface area contributed by atoms with E-state index < -0.39 is 0 Å². The van der Waals surface area contributed by atoms with E-state index in [1.807, 2.05) is 13.0 Å². The van der Waals surface area contributed by atoms with Gasteiger partial charge in [-0.2, -0.15) is 4.98 Å². The van der Waals surface area contributed by atoms with Crippen LogP contribution in [-0.2, 0) is 6.54 Å². The molecule has 3 heterocycles. The molecule has 7 heteroatoms. The van der Waals surface area contributed by atoms with Gasteiger partial charge < -0.3 is 19.5 Å². The van der Waals surface area contributed by atoms with E-state index in [0.29, 0.717) is 13.2 Å². The van der Waals surface area contributed by atoms with Crippen LogP contribution in [-0.4, -0.2) is 46.2 Å². The fraction of sp³-hybridized carbons (Fsp3) is 0.276. The normalized spacial score (nSPS) is 13.5. The van der Waals surface area contributed by atoms with Crippen LogP contribution >= 0.6 is 0 Å². The average Bonchev–Trinajstić information content (AvgIpc) is 3.14. The van der Waals surface area contributed by atoms with Crippen molar-refractivity contribution in [1.29, 1.82) is 0 Å². The van der Waals surface area contributed by atoms with Gasteiger partial charge in [0.2, 0.25) is 5.95 Å². The van der Waals surface area contributed by atoms with Crippen molar-refractivity contribution >= 4 is 33.7 Å². The van der Waals surface area contributed by atoms with Crippen LogP contribution in [0.5, 0.6) is 5.75 Å². The summed E-state index contributed by atoms with van der Waals surface area (Å²) in [6, 6.07) is 21.1. The van der Waals surface area contributed by atoms with Crippen molar-refractivity contribution in [3.63, 3.8) is 0 Å². The Balaban J connectivity index is 1.40. The van der Waals surface area contributed by atoms with Crippen molar-refractivity contribution in [1.82, 2.24) is 19.9 Å². The molecule has 2 aromatic heterocycles. The molecule has 0 atom stereocenters. The number of hydrogen-bond donors (Lipinski definition) is 1. The molecule has 0 saturated heterocycles. The molecule has 6 rings (SSSR count). The molecule has 1 N–H and O–H groups in total. The molecule has 7 nitrogen and oxygen atoms in total. The fourth-order valence-electron chi connectivity index (χ4n) is 5.01. The third-order valence-corrected chi connectivity index (χ3v) is 6.89. The molecule has 5 aromatic rings. The molecule has 0 fully saturated rings. The van der Waals surface area contributed by atoms with Crippen molar-refractivity contribution in [3.8, 4) is 16.9 Å². The lowest BCUT2D eigenvalue weighted by molar-refractivity contribution is 0.331. The number of benzene rings is 3. The molecule has 1 aliphatic heterocycles. The van der Waals surface area contributed by atoms with Crippen molar-refractivity contribution in [2.24, 2.45) is 0 Å². The Morgan fingerprint density at radius 2 is 1.72 bits per heavy atom. The number of rotatable bonds is 5. The van der Waals surface area contributed by atoms with Crippen LogP contribution in [0.2, 0.25) is 0 Å². The van der Waals surface area contributed by atoms with Crippen molar-refractivity contribution in [2.75, 3.05) is 36.0 Å². The second kappa shape index (κ2) is 9.15. The van der Waals surface area contributed by atoms with Crippen molar-refractivity contribution in [2.45, 2.75) is 27.3 Å². The number of nitrogens with one attached hydrogen (secondary N) is 1. The predicted octanol–water partition coefficient (Wildman–Crippen LogP) is 5.73. The molecular weight excluding hydrogens is 448 g/mol. The fourth-order valence-corrected chi connectivity index (χ4v) is 5.01. The lowest BCUT2D eigenvalue weighted by atomic mass is 10.0. The summed E-state index contributed by atoms with van der Waals surface area (Å²) < 4.78 is 6.19. The number of aromatic nitrogens is 4. The summed E-state index contributed by atoms with van der Waals surface area (Å²) in [5, 5.41) is 1.06. The highest BCUT2D eigenvalue weighted by molar-refractivity contribution is 5.90. The SMILES string of the molecule is CCN(CC)c1nc(N2CCOc3ccc(-c4ccc5nc(C)[nH]c5c4)cc3C2)c2ccccc2n1. The number of H-pyrrole nitrogens is 1. The Kier molecular flexibility index (Phi) is 5.68. The molecule has 182 valence electrons. The summed E-state index contributed by atoms with van der Waals surface area (Å²) in [4.78, 5) is 22.3. The Labute approximate surface area is 210 Å². The Hall–Kier alpha value is -4.13. The van der Waals surface area contributed by atoms with E-state index in [1.165, 1.54) is 0 Å². The number of anilines is 2. The summed E-state index contributed by atoms with van der Waals surface area (Å²) in [5.74, 6) is 3.59. The number of imidazole rings is 1. The van der Waals surface area contributed by atoms with E-state index in [2.05, 4.69) is 88.2 Å². The minimum Gasteiger partial charge on any atom is -0.491 e. The standard InChI is InChI=1S/C29H30N6O/c1-4-34(5-2)29-32-24-9-7-6-8-23(24)28(33-29)35-14-15-36-27-13-11-20(16-22(27)18-35)21-10-12-25-26(17-21)31-19(3)30-25/h6-13,16-17H,4-5,14-15,18H2,1-3H3,(H,30,31). The van der Waals surface area contributed by atoms with Gasteiger partial charge in [0.25, 0.3) is 0 Å². The van der Waals surface area contributed by atoms with Crippen LogP contribution < -0.4 is 14.5 Å². The maximum atomic E-state index is 6.19. The number of aryl methyl sites for hydroxylation is 1. The molecular formula is C29H30N6O. The highest BCUT2D eigenvalue weighted by Gasteiger charge is 2.21. The highest BCUT2D eigenvalue weighted by atomic mass is 16.5. The molecule has 0 aliphatic carbocycles. The number of hydrogen-bond acceptors (Lipinski definition) is 6. The van der Waals surface area contributed by atoms with Crippen LogP contribution in [0.15, 0.2) is 60.7 Å². The van der Waals surface area contributed by atoms with E-state index in [1.54, 1.807) is 0 Å². The minimum absolute atomic E-state index is 0.602. The van der Waals surface area contributed by atoms with E-state index in [4.69, 9.17) is 14.7 Å². The maximum Gasteiger partial charge on any atom is 0.227 e. The van der Waals surface area contributed by atoms with Crippen molar-refractivity contribution in [3.05, 3.63) is 72.1 Å². The molecule has 0 bridgehead atoms. The largest absolute Gasteiger partial charge is 0.491 e. The lowest BCUT2D eigenvalue weighted by Crippen LogP contribution is -2.29. The summed E-state index contributed by atoms with van der Waals surface area (Å²) >= 11 is 0. The van der Waals surface area contributed by atoms with Gasteiger partial charge in [-0.05, 0) is 68.3 Å². The molecule has 0 saturated carbocycles. The monoisotopic (exact) mass is 478 g/mol. The van der Waals surface area contributed by atoms with Gasteiger partial charge in [-0.25, -0.2) is 9.97 Å². The second-order valence-corrected chi connectivity index (χ2v) is 9.18. The molecule has 0 radical (unpaired) electrons. The summed E-state index contributed by atoms with van der Waals surface area (Å²) in [6.07, 6.45) is 0. The topological polar surface area (TPSA) is 70.2 Å². The smallest absolute Gasteiger partial charge is 0.227 e. The molecule has 3 aromatic carbocycles. The Morgan fingerprint density at radius 3 is 2.58 bits per heavy atom. The highest BCUT2D eigenvalue weighted by Crippen LogP contribution is 2.34. The number of nitrogens with zero attached hydrogens (tertiary/aromatic N) is 5. The van der Waals surface area contributed by atoms with Gasteiger partial charge in [-0.15, -0.1) is 0 Å². The van der Waals surface area contributed by atoms with Gasteiger partial charge in [-0.3, -0.25) is 0 Å². The first-order valence-corrected chi connectivity index (χ1v) is 12.6. The van der Waals surface area contributed by atoms with Crippen LogP contribution in [0.25, 0.3) is 33.1 Å². The van der Waals surface area contributed by atoms with Crippen LogP contribution in [0.1, 0.15) is 25.2 Å². The van der Waals surface area contributed by atoms with E-state index in [-0.39, 0.29) is 0 Å². The lowest BCUT2D eigenvalue weighted by Gasteiger charge is -2.26. The third kappa shape index (κ3) is 4.00. The van der Waals surface area contributed by atoms with Gasteiger partial charge in [-0.1, -0.05) is 24.3 Å². The Bertz CT molecular complexity index is 1550. The number of para-hydroxylation sites is 1. The number of fused-ring (bicyclic) bond motifs is 3. The van der Waals surface area contributed by atoms with Crippen LogP contribution in [0.3, 0.4) is 0 Å². The zero-order valence-electron chi connectivity index (χ0n) is 21.0. The van der Waals surface area contributed by atoms with Crippen LogP contribution in [0, 0.1) is 6.92 Å². The van der Waals surface area contributed by atoms with Gasteiger partial charge in [0.15, 0.2) is 0 Å². The average molecular weight is 479 g/mol. The van der Waals surface area contributed by atoms with E-state index in [0.717, 1.165) is 81.6 Å². The van der Waals surface area contributed by atoms with Crippen LogP contribution in [0.4, 0.5) is 11.8 Å². The number of aromatic amines is 1. The quantitative estimate of drug-likeness (QED) is 0.348. The molecule has 1 aliphatic rings. The first-order valence-electron chi connectivity index (χ1n) is 12.6. The van der Waals surface area contributed by atoms with Gasteiger partial charge in [0, 0.05) is 30.6 Å². The van der Waals surface area contributed by atoms with Gasteiger partial charge in [0.05, 0.1) is 23.1 Å². The summed E-state index contributed by atoms with van der Waals surface area (Å²) in [7, 11) is 0. The first kappa shape index (κ1) is 22.3. The number of ether oxygens (including phenoxy) is 1. The zero-order chi connectivity index (χ0) is 24.6. The molecule has 36 heavy (non-hydrogen) atoms. The Morgan fingerprint density at radius 1 is 0.917 bits per heavy atom. The molecule has 0 amide bonds. The molecule has 0 unspecified atom stereocenters. The molecule has 0 spiro atoms. The van der Waals surface area contributed by atoms with E-state index >= 15 is 0 Å². The summed E-state index contributed by atoms with van der Waals surface area (Å²) in [5.41, 5.74) is 6.46. The van der Waals surface area contributed by atoms with Crippen molar-refractivity contribution < 1.29 is 4.74 Å². The van der Waals surface area contributed by atoms with E-state index in [9.17, 15) is 0 Å².